The van der Waals surface area contributed by atoms with Gasteiger partial charge >= 0.3 is 0 Å². The average Bonchev–Trinajstić information content (AvgIpc) is 2.60. The molecular formula is C8H10BrNO3S. The second-order valence-electron chi connectivity index (χ2n) is 2.64. The first-order chi connectivity index (χ1) is 6.65. The minimum absolute atomic E-state index is 0.0552. The van der Waals surface area contributed by atoms with Crippen molar-refractivity contribution in [3.8, 4) is 0 Å². The molecule has 1 heterocycles. The van der Waals surface area contributed by atoms with Crippen molar-refractivity contribution >= 4 is 33.2 Å². The number of nitrogens with one attached hydrogen (secondary N) is 1. The van der Waals surface area contributed by atoms with E-state index in [1.165, 1.54) is 11.3 Å². The molecule has 0 aliphatic heterocycles. The van der Waals surface area contributed by atoms with Gasteiger partial charge in [0.1, 0.15) is 4.88 Å². The number of hydrogen-bond acceptors (Lipinski definition) is 4. The molecule has 0 fully saturated rings. The van der Waals surface area contributed by atoms with Crippen LogP contribution in [-0.4, -0.2) is 35.4 Å². The summed E-state index contributed by atoms with van der Waals surface area (Å²) in [6.07, 6.45) is -0.905. The first-order valence-electron chi connectivity index (χ1n) is 3.95. The van der Waals surface area contributed by atoms with Crippen LogP contribution in [0.5, 0.6) is 0 Å². The first-order valence-corrected chi connectivity index (χ1v) is 5.62. The van der Waals surface area contributed by atoms with Crippen molar-refractivity contribution in [2.24, 2.45) is 0 Å². The van der Waals surface area contributed by atoms with E-state index >= 15 is 0 Å². The van der Waals surface area contributed by atoms with Crippen molar-refractivity contribution < 1.29 is 15.0 Å². The molecule has 1 atom stereocenters. The van der Waals surface area contributed by atoms with Crippen LogP contribution in [0.15, 0.2) is 15.9 Å². The van der Waals surface area contributed by atoms with Gasteiger partial charge in [0.15, 0.2) is 0 Å². The zero-order valence-electron chi connectivity index (χ0n) is 7.24. The number of hydrogen-bond donors (Lipinski definition) is 3. The summed E-state index contributed by atoms with van der Waals surface area (Å²) in [6, 6.07) is 1.78. The molecule has 1 aromatic rings. The first kappa shape index (κ1) is 11.6. The third-order valence-electron chi connectivity index (χ3n) is 1.53. The molecule has 14 heavy (non-hydrogen) atoms. The van der Waals surface area contributed by atoms with Crippen molar-refractivity contribution in [3.63, 3.8) is 0 Å². The fraction of sp³-hybridized carbons (Fsp3) is 0.375. The van der Waals surface area contributed by atoms with E-state index in [1.807, 2.05) is 0 Å². The Bertz CT molecular complexity index is 315. The standard InChI is InChI=1S/C8H10BrNO3S/c9-6-1-2-14-7(6)8(13)10-3-5(12)4-11/h1-2,5,11-12H,3-4H2,(H,10,13). The van der Waals surface area contributed by atoms with Gasteiger partial charge in [0, 0.05) is 11.0 Å². The van der Waals surface area contributed by atoms with Crippen molar-refractivity contribution in [2.45, 2.75) is 6.10 Å². The molecule has 1 unspecified atom stereocenters. The van der Waals surface area contributed by atoms with Crippen molar-refractivity contribution in [3.05, 3.63) is 20.8 Å². The Labute approximate surface area is 93.7 Å². The van der Waals surface area contributed by atoms with E-state index in [0.717, 1.165) is 4.47 Å². The fourth-order valence-corrected chi connectivity index (χ4v) is 2.28. The lowest BCUT2D eigenvalue weighted by Gasteiger charge is -2.07. The molecule has 0 spiro atoms. The monoisotopic (exact) mass is 279 g/mol. The summed E-state index contributed by atoms with van der Waals surface area (Å²) in [7, 11) is 0. The highest BCUT2D eigenvalue weighted by Crippen LogP contribution is 2.22. The lowest BCUT2D eigenvalue weighted by molar-refractivity contribution is 0.0804. The molecule has 0 saturated carbocycles. The number of rotatable bonds is 4. The molecule has 6 heteroatoms. The Morgan fingerprint density at radius 3 is 2.93 bits per heavy atom. The molecule has 1 amide bonds. The van der Waals surface area contributed by atoms with Crippen LogP contribution in [-0.2, 0) is 0 Å². The summed E-state index contributed by atoms with van der Waals surface area (Å²) in [4.78, 5) is 12.0. The molecule has 78 valence electrons. The van der Waals surface area contributed by atoms with Gasteiger partial charge in [-0.05, 0) is 27.4 Å². The number of carbonyl (C=O) groups is 1. The number of thiophene rings is 1. The molecule has 0 aliphatic rings. The van der Waals surface area contributed by atoms with Gasteiger partial charge < -0.3 is 15.5 Å². The summed E-state index contributed by atoms with van der Waals surface area (Å²) in [5.74, 6) is -0.251. The third-order valence-corrected chi connectivity index (χ3v) is 3.37. The second kappa shape index (κ2) is 5.45. The lowest BCUT2D eigenvalue weighted by atomic mass is 10.3. The van der Waals surface area contributed by atoms with Crippen LogP contribution >= 0.6 is 27.3 Å². The molecule has 1 rings (SSSR count). The predicted molar refractivity (Wildman–Crippen MR) is 57.4 cm³/mol. The van der Waals surface area contributed by atoms with Gasteiger partial charge in [0.25, 0.3) is 5.91 Å². The van der Waals surface area contributed by atoms with Gasteiger partial charge in [-0.3, -0.25) is 4.79 Å². The maximum atomic E-state index is 11.4. The maximum absolute atomic E-state index is 11.4. The molecule has 3 N–H and O–H groups in total. The van der Waals surface area contributed by atoms with Gasteiger partial charge in [-0.25, -0.2) is 0 Å². The average molecular weight is 280 g/mol. The lowest BCUT2D eigenvalue weighted by Crippen LogP contribution is -2.33. The second-order valence-corrected chi connectivity index (χ2v) is 4.41. The Balaban J connectivity index is 2.47. The Kier molecular flexibility index (Phi) is 4.53. The number of halogens is 1. The largest absolute Gasteiger partial charge is 0.394 e. The zero-order chi connectivity index (χ0) is 10.6. The van der Waals surface area contributed by atoms with Crippen LogP contribution < -0.4 is 5.32 Å². The normalized spacial score (nSPS) is 12.5. The number of aliphatic hydroxyl groups is 2. The minimum atomic E-state index is -0.905. The third kappa shape index (κ3) is 3.06. The number of carbonyl (C=O) groups excluding carboxylic acids is 1. The van der Waals surface area contributed by atoms with Gasteiger partial charge in [0.2, 0.25) is 0 Å². The van der Waals surface area contributed by atoms with Crippen LogP contribution in [0.1, 0.15) is 9.67 Å². The zero-order valence-corrected chi connectivity index (χ0v) is 9.64. The van der Waals surface area contributed by atoms with E-state index in [2.05, 4.69) is 21.2 Å². The highest BCUT2D eigenvalue weighted by molar-refractivity contribution is 9.10. The smallest absolute Gasteiger partial charge is 0.262 e. The van der Waals surface area contributed by atoms with Gasteiger partial charge in [-0.15, -0.1) is 11.3 Å². The Morgan fingerprint density at radius 2 is 2.43 bits per heavy atom. The maximum Gasteiger partial charge on any atom is 0.262 e. The van der Waals surface area contributed by atoms with Crippen LogP contribution in [0.4, 0.5) is 0 Å². The van der Waals surface area contributed by atoms with Crippen LogP contribution in [0.2, 0.25) is 0 Å². The van der Waals surface area contributed by atoms with E-state index in [0.29, 0.717) is 4.88 Å². The van der Waals surface area contributed by atoms with E-state index in [4.69, 9.17) is 10.2 Å². The Hall–Kier alpha value is -0.430. The van der Waals surface area contributed by atoms with Gasteiger partial charge in [0.05, 0.1) is 12.7 Å². The van der Waals surface area contributed by atoms with Crippen molar-refractivity contribution in [1.29, 1.82) is 0 Å². The fourth-order valence-electron chi connectivity index (χ4n) is 0.811. The van der Waals surface area contributed by atoms with E-state index in [-0.39, 0.29) is 19.1 Å². The molecule has 4 nitrogen and oxygen atoms in total. The molecule has 0 saturated heterocycles. The topological polar surface area (TPSA) is 69.6 Å². The van der Waals surface area contributed by atoms with Gasteiger partial charge in [-0.2, -0.15) is 0 Å². The molecule has 0 aromatic carbocycles. The van der Waals surface area contributed by atoms with E-state index in [1.54, 1.807) is 11.4 Å². The molecule has 0 bridgehead atoms. The molecule has 1 aromatic heterocycles. The summed E-state index contributed by atoms with van der Waals surface area (Å²) < 4.78 is 0.735. The van der Waals surface area contributed by atoms with Crippen LogP contribution in [0, 0.1) is 0 Å². The Morgan fingerprint density at radius 1 is 1.71 bits per heavy atom. The molecular weight excluding hydrogens is 270 g/mol. The highest BCUT2D eigenvalue weighted by atomic mass is 79.9. The SMILES string of the molecule is O=C(NCC(O)CO)c1sccc1Br. The summed E-state index contributed by atoms with van der Waals surface area (Å²) in [5, 5.41) is 21.8. The molecule has 0 aliphatic carbocycles. The predicted octanol–water partition coefficient (Wildman–Crippen LogP) is 0.594. The van der Waals surface area contributed by atoms with Crippen molar-refractivity contribution in [1.82, 2.24) is 5.32 Å². The van der Waals surface area contributed by atoms with Crippen LogP contribution in [0.25, 0.3) is 0 Å². The van der Waals surface area contributed by atoms with Gasteiger partial charge in [-0.1, -0.05) is 0 Å². The highest BCUT2D eigenvalue weighted by Gasteiger charge is 2.12. The quantitative estimate of drug-likeness (QED) is 0.756. The minimum Gasteiger partial charge on any atom is -0.394 e. The number of aliphatic hydroxyl groups excluding tert-OH is 2. The molecule has 0 radical (unpaired) electrons. The summed E-state index contributed by atoms with van der Waals surface area (Å²) >= 11 is 4.54. The van der Waals surface area contributed by atoms with E-state index in [9.17, 15) is 4.79 Å². The summed E-state index contributed by atoms with van der Waals surface area (Å²) in [5.41, 5.74) is 0. The summed E-state index contributed by atoms with van der Waals surface area (Å²) in [6.45, 7) is -0.300. The van der Waals surface area contributed by atoms with Crippen molar-refractivity contribution in [2.75, 3.05) is 13.2 Å². The van der Waals surface area contributed by atoms with Crippen LogP contribution in [0.3, 0.4) is 0 Å². The van der Waals surface area contributed by atoms with E-state index < -0.39 is 6.10 Å². The number of amides is 1.